The molecule has 0 fully saturated rings. The molecule has 0 saturated carbocycles. The topological polar surface area (TPSA) is 30.5 Å². The Labute approximate surface area is 123 Å². The van der Waals surface area contributed by atoms with Crippen LogP contribution in [0.15, 0.2) is 16.6 Å². The summed E-state index contributed by atoms with van der Waals surface area (Å²) >= 11 is 3.66. The standard InChI is InChI=1S/C15H22BrNO2/c1-3-5-6-13(17-4-2)11-9-14-15(10-12(11)16)19-8-7-18-14/h9-10,13,17H,3-8H2,1-2H3. The first-order chi connectivity index (χ1) is 9.26. The molecular formula is C15H22BrNO2. The number of unbranched alkanes of at least 4 members (excludes halogenated alkanes) is 1. The number of halogens is 1. The molecular weight excluding hydrogens is 306 g/mol. The SMILES string of the molecule is CCCCC(NCC)c1cc2c(cc1Br)OCCO2. The van der Waals surface area contributed by atoms with Crippen molar-refractivity contribution in [2.45, 2.75) is 39.2 Å². The molecule has 0 aliphatic carbocycles. The average molecular weight is 328 g/mol. The minimum Gasteiger partial charge on any atom is -0.486 e. The summed E-state index contributed by atoms with van der Waals surface area (Å²) in [5.74, 6) is 1.71. The Balaban J connectivity index is 2.25. The van der Waals surface area contributed by atoms with Gasteiger partial charge in [0.1, 0.15) is 13.2 Å². The summed E-state index contributed by atoms with van der Waals surface area (Å²) < 4.78 is 12.4. The lowest BCUT2D eigenvalue weighted by Gasteiger charge is -2.24. The lowest BCUT2D eigenvalue weighted by molar-refractivity contribution is 0.171. The second-order valence-electron chi connectivity index (χ2n) is 4.77. The normalized spacial score (nSPS) is 15.3. The van der Waals surface area contributed by atoms with Gasteiger partial charge in [-0.3, -0.25) is 0 Å². The van der Waals surface area contributed by atoms with E-state index >= 15 is 0 Å². The fourth-order valence-electron chi connectivity index (χ4n) is 2.37. The predicted octanol–water partition coefficient (Wildman–Crippen LogP) is 4.06. The summed E-state index contributed by atoms with van der Waals surface area (Å²) in [6.07, 6.45) is 3.57. The van der Waals surface area contributed by atoms with Crippen molar-refractivity contribution in [2.75, 3.05) is 19.8 Å². The zero-order valence-electron chi connectivity index (χ0n) is 11.7. The van der Waals surface area contributed by atoms with Crippen LogP contribution in [0.25, 0.3) is 0 Å². The van der Waals surface area contributed by atoms with Crippen molar-refractivity contribution in [2.24, 2.45) is 0 Å². The summed E-state index contributed by atoms with van der Waals surface area (Å²) in [5.41, 5.74) is 1.26. The van der Waals surface area contributed by atoms with E-state index in [-0.39, 0.29) is 0 Å². The molecule has 1 heterocycles. The molecule has 1 atom stereocenters. The molecule has 0 saturated heterocycles. The molecule has 1 aliphatic rings. The largest absolute Gasteiger partial charge is 0.486 e. The van der Waals surface area contributed by atoms with Crippen LogP contribution in [-0.4, -0.2) is 19.8 Å². The summed E-state index contributed by atoms with van der Waals surface area (Å²) in [4.78, 5) is 0. The number of fused-ring (bicyclic) bond motifs is 1. The van der Waals surface area contributed by atoms with Gasteiger partial charge in [-0.2, -0.15) is 0 Å². The first-order valence-electron chi connectivity index (χ1n) is 7.08. The smallest absolute Gasteiger partial charge is 0.162 e. The number of rotatable bonds is 6. The third-order valence-corrected chi connectivity index (χ3v) is 4.02. The third kappa shape index (κ3) is 3.63. The Bertz CT molecular complexity index is 423. The Morgan fingerprint density at radius 1 is 1.21 bits per heavy atom. The van der Waals surface area contributed by atoms with E-state index in [1.54, 1.807) is 0 Å². The van der Waals surface area contributed by atoms with Crippen molar-refractivity contribution < 1.29 is 9.47 Å². The van der Waals surface area contributed by atoms with Gasteiger partial charge in [0.2, 0.25) is 0 Å². The van der Waals surface area contributed by atoms with Crippen LogP contribution in [0, 0.1) is 0 Å². The molecule has 1 aromatic carbocycles. The predicted molar refractivity (Wildman–Crippen MR) is 81.1 cm³/mol. The molecule has 1 aromatic rings. The molecule has 0 amide bonds. The number of nitrogens with one attached hydrogen (secondary N) is 1. The molecule has 0 spiro atoms. The van der Waals surface area contributed by atoms with E-state index in [1.807, 2.05) is 6.07 Å². The molecule has 3 nitrogen and oxygen atoms in total. The Morgan fingerprint density at radius 3 is 2.53 bits per heavy atom. The van der Waals surface area contributed by atoms with Gasteiger partial charge in [0, 0.05) is 10.5 Å². The van der Waals surface area contributed by atoms with E-state index in [0.29, 0.717) is 19.3 Å². The van der Waals surface area contributed by atoms with Gasteiger partial charge in [0.25, 0.3) is 0 Å². The van der Waals surface area contributed by atoms with Crippen LogP contribution < -0.4 is 14.8 Å². The van der Waals surface area contributed by atoms with E-state index in [0.717, 1.165) is 28.9 Å². The average Bonchev–Trinajstić information content (AvgIpc) is 2.43. The van der Waals surface area contributed by atoms with Crippen molar-refractivity contribution >= 4 is 15.9 Å². The maximum atomic E-state index is 5.68. The first kappa shape index (κ1) is 14.7. The molecule has 1 N–H and O–H groups in total. The Hall–Kier alpha value is -0.740. The van der Waals surface area contributed by atoms with Crippen LogP contribution in [-0.2, 0) is 0 Å². The number of hydrogen-bond donors (Lipinski definition) is 1. The molecule has 0 bridgehead atoms. The van der Waals surface area contributed by atoms with Crippen LogP contribution >= 0.6 is 15.9 Å². The Kier molecular flexibility index (Phi) is 5.52. The van der Waals surface area contributed by atoms with Crippen LogP contribution in [0.5, 0.6) is 11.5 Å². The quantitative estimate of drug-likeness (QED) is 0.854. The van der Waals surface area contributed by atoms with Gasteiger partial charge in [-0.15, -0.1) is 0 Å². The van der Waals surface area contributed by atoms with Crippen LogP contribution in [0.3, 0.4) is 0 Å². The van der Waals surface area contributed by atoms with Gasteiger partial charge in [-0.25, -0.2) is 0 Å². The fourth-order valence-corrected chi connectivity index (χ4v) is 2.97. The molecule has 2 rings (SSSR count). The molecule has 1 aliphatic heterocycles. The van der Waals surface area contributed by atoms with E-state index in [2.05, 4.69) is 41.2 Å². The van der Waals surface area contributed by atoms with Crippen LogP contribution in [0.2, 0.25) is 0 Å². The highest BCUT2D eigenvalue weighted by Gasteiger charge is 2.19. The van der Waals surface area contributed by atoms with Gasteiger partial charge in [-0.05, 0) is 30.7 Å². The van der Waals surface area contributed by atoms with E-state index < -0.39 is 0 Å². The highest BCUT2D eigenvalue weighted by molar-refractivity contribution is 9.10. The van der Waals surface area contributed by atoms with Crippen molar-refractivity contribution in [3.8, 4) is 11.5 Å². The number of benzene rings is 1. The lowest BCUT2D eigenvalue weighted by Crippen LogP contribution is -2.22. The van der Waals surface area contributed by atoms with E-state index in [9.17, 15) is 0 Å². The van der Waals surface area contributed by atoms with Gasteiger partial charge >= 0.3 is 0 Å². The van der Waals surface area contributed by atoms with Gasteiger partial charge in [-0.1, -0.05) is 42.6 Å². The highest BCUT2D eigenvalue weighted by Crippen LogP contribution is 2.38. The Morgan fingerprint density at radius 2 is 1.89 bits per heavy atom. The first-order valence-corrected chi connectivity index (χ1v) is 7.88. The minimum absolute atomic E-state index is 0.371. The molecule has 19 heavy (non-hydrogen) atoms. The molecule has 106 valence electrons. The third-order valence-electron chi connectivity index (χ3n) is 3.33. The maximum Gasteiger partial charge on any atom is 0.162 e. The second kappa shape index (κ2) is 7.15. The molecule has 1 unspecified atom stereocenters. The highest BCUT2D eigenvalue weighted by atomic mass is 79.9. The maximum absolute atomic E-state index is 5.68. The van der Waals surface area contributed by atoms with Crippen molar-refractivity contribution in [1.29, 1.82) is 0 Å². The fraction of sp³-hybridized carbons (Fsp3) is 0.600. The number of hydrogen-bond acceptors (Lipinski definition) is 3. The second-order valence-corrected chi connectivity index (χ2v) is 5.62. The van der Waals surface area contributed by atoms with E-state index in [4.69, 9.17) is 9.47 Å². The summed E-state index contributed by atoms with van der Waals surface area (Å²) in [5, 5.41) is 3.55. The van der Waals surface area contributed by atoms with Crippen molar-refractivity contribution in [1.82, 2.24) is 5.32 Å². The molecule has 0 radical (unpaired) electrons. The van der Waals surface area contributed by atoms with Crippen molar-refractivity contribution in [3.05, 3.63) is 22.2 Å². The molecule has 0 aromatic heterocycles. The summed E-state index contributed by atoms with van der Waals surface area (Å²) in [6, 6.07) is 4.51. The minimum atomic E-state index is 0.371. The number of ether oxygens (including phenoxy) is 2. The van der Waals surface area contributed by atoms with Gasteiger partial charge < -0.3 is 14.8 Å². The zero-order chi connectivity index (χ0) is 13.7. The van der Waals surface area contributed by atoms with Crippen LogP contribution in [0.1, 0.15) is 44.7 Å². The summed E-state index contributed by atoms with van der Waals surface area (Å²) in [6.45, 7) is 6.60. The van der Waals surface area contributed by atoms with Crippen molar-refractivity contribution in [3.63, 3.8) is 0 Å². The zero-order valence-corrected chi connectivity index (χ0v) is 13.3. The van der Waals surface area contributed by atoms with Crippen LogP contribution in [0.4, 0.5) is 0 Å². The van der Waals surface area contributed by atoms with E-state index in [1.165, 1.54) is 18.4 Å². The lowest BCUT2D eigenvalue weighted by atomic mass is 10.0. The van der Waals surface area contributed by atoms with Gasteiger partial charge in [0.15, 0.2) is 11.5 Å². The summed E-state index contributed by atoms with van der Waals surface area (Å²) in [7, 11) is 0. The monoisotopic (exact) mass is 327 g/mol. The van der Waals surface area contributed by atoms with Gasteiger partial charge in [0.05, 0.1) is 0 Å². The molecule has 4 heteroatoms.